The summed E-state index contributed by atoms with van der Waals surface area (Å²) < 4.78 is 2.24. The number of fused-ring (bicyclic) bond motifs is 1. The largest absolute Gasteiger partial charge is 0.326 e. The summed E-state index contributed by atoms with van der Waals surface area (Å²) in [7, 11) is 0. The minimum atomic E-state index is 0.505. The van der Waals surface area contributed by atoms with E-state index in [2.05, 4.69) is 30.7 Å². The molecule has 0 saturated carbocycles. The van der Waals surface area contributed by atoms with Gasteiger partial charge in [-0.3, -0.25) is 0 Å². The Morgan fingerprint density at radius 2 is 2.16 bits per heavy atom. The summed E-state index contributed by atoms with van der Waals surface area (Å²) in [5.41, 5.74) is 2.05. The van der Waals surface area contributed by atoms with Gasteiger partial charge in [-0.05, 0) is 31.9 Å². The topological polar surface area (TPSA) is 29.9 Å². The Labute approximate surface area is 120 Å². The van der Waals surface area contributed by atoms with Crippen molar-refractivity contribution in [1.29, 1.82) is 0 Å². The van der Waals surface area contributed by atoms with E-state index in [4.69, 9.17) is 16.6 Å². The van der Waals surface area contributed by atoms with Crippen LogP contribution in [0.2, 0.25) is 5.02 Å². The number of hydrogen-bond acceptors (Lipinski definition) is 2. The van der Waals surface area contributed by atoms with Crippen LogP contribution in [-0.2, 0) is 13.1 Å². The van der Waals surface area contributed by atoms with Gasteiger partial charge in [-0.2, -0.15) is 0 Å². The fraction of sp³-hybridized carbons (Fsp3) is 0.533. The number of rotatable bonds is 6. The highest BCUT2D eigenvalue weighted by atomic mass is 35.5. The maximum Gasteiger partial charge on any atom is 0.123 e. The van der Waals surface area contributed by atoms with Crippen molar-refractivity contribution in [2.24, 2.45) is 0 Å². The summed E-state index contributed by atoms with van der Waals surface area (Å²) in [5, 5.41) is 4.29. The molecule has 3 nitrogen and oxygen atoms in total. The molecule has 0 bridgehead atoms. The number of nitrogens with zero attached hydrogens (tertiary/aromatic N) is 2. The van der Waals surface area contributed by atoms with Gasteiger partial charge in [-0.25, -0.2) is 4.98 Å². The van der Waals surface area contributed by atoms with Crippen molar-refractivity contribution in [3.05, 3.63) is 29.0 Å². The number of aryl methyl sites for hydroxylation is 1. The molecule has 1 atom stereocenters. The molecule has 104 valence electrons. The van der Waals surface area contributed by atoms with Gasteiger partial charge in [0.25, 0.3) is 0 Å². The second kappa shape index (κ2) is 6.40. The third kappa shape index (κ3) is 3.10. The molecule has 0 saturated heterocycles. The molecule has 1 aromatic heterocycles. The minimum absolute atomic E-state index is 0.505. The molecule has 1 unspecified atom stereocenters. The predicted octanol–water partition coefficient (Wildman–Crippen LogP) is 3.99. The van der Waals surface area contributed by atoms with Gasteiger partial charge in [0.2, 0.25) is 0 Å². The molecule has 1 aromatic carbocycles. The lowest BCUT2D eigenvalue weighted by Gasteiger charge is -2.13. The van der Waals surface area contributed by atoms with Crippen molar-refractivity contribution in [2.75, 3.05) is 0 Å². The predicted molar refractivity (Wildman–Crippen MR) is 81.6 cm³/mol. The van der Waals surface area contributed by atoms with Crippen molar-refractivity contribution in [2.45, 2.75) is 52.7 Å². The Kier molecular flexibility index (Phi) is 4.83. The van der Waals surface area contributed by atoms with E-state index in [-0.39, 0.29) is 0 Å². The van der Waals surface area contributed by atoms with E-state index in [0.717, 1.165) is 47.8 Å². The lowest BCUT2D eigenvalue weighted by molar-refractivity contribution is 0.508. The third-order valence-electron chi connectivity index (χ3n) is 3.46. The number of halogens is 1. The van der Waals surface area contributed by atoms with Crippen LogP contribution in [0.5, 0.6) is 0 Å². The summed E-state index contributed by atoms with van der Waals surface area (Å²) in [6.07, 6.45) is 2.20. The van der Waals surface area contributed by atoms with Gasteiger partial charge in [0.05, 0.1) is 22.6 Å². The number of hydrogen-bond donors (Lipinski definition) is 1. The first kappa shape index (κ1) is 14.4. The first-order valence-electron chi connectivity index (χ1n) is 7.04. The first-order chi connectivity index (χ1) is 9.17. The first-order valence-corrected chi connectivity index (χ1v) is 7.42. The summed E-state index contributed by atoms with van der Waals surface area (Å²) in [6, 6.07) is 6.43. The second-order valence-corrected chi connectivity index (χ2v) is 5.38. The molecule has 0 fully saturated rings. The lowest BCUT2D eigenvalue weighted by Crippen LogP contribution is -2.26. The van der Waals surface area contributed by atoms with E-state index in [1.54, 1.807) is 0 Å². The Hall–Kier alpha value is -1.06. The van der Waals surface area contributed by atoms with Crippen LogP contribution in [0.25, 0.3) is 11.0 Å². The summed E-state index contributed by atoms with van der Waals surface area (Å²) in [6.45, 7) is 8.30. The zero-order valence-electron chi connectivity index (χ0n) is 11.9. The Bertz CT molecular complexity index is 548. The smallest absolute Gasteiger partial charge is 0.123 e. The van der Waals surface area contributed by atoms with Crippen LogP contribution in [0.4, 0.5) is 0 Å². The molecule has 2 rings (SSSR count). The zero-order chi connectivity index (χ0) is 13.8. The van der Waals surface area contributed by atoms with Crippen molar-refractivity contribution in [3.8, 4) is 0 Å². The maximum absolute atomic E-state index is 6.32. The number of benzene rings is 1. The molecule has 0 aliphatic heterocycles. The molecule has 1 heterocycles. The minimum Gasteiger partial charge on any atom is -0.326 e. The summed E-state index contributed by atoms with van der Waals surface area (Å²) in [5.74, 6) is 1.07. The number of imidazole rings is 1. The van der Waals surface area contributed by atoms with Gasteiger partial charge in [-0.1, -0.05) is 31.5 Å². The number of nitrogens with one attached hydrogen (secondary N) is 1. The highest BCUT2D eigenvalue weighted by molar-refractivity contribution is 6.35. The molecule has 0 aliphatic carbocycles. The van der Waals surface area contributed by atoms with E-state index >= 15 is 0 Å². The van der Waals surface area contributed by atoms with Gasteiger partial charge in [-0.15, -0.1) is 0 Å². The highest BCUT2D eigenvalue weighted by Gasteiger charge is 2.13. The van der Waals surface area contributed by atoms with Crippen LogP contribution in [0.3, 0.4) is 0 Å². The van der Waals surface area contributed by atoms with Crippen LogP contribution >= 0.6 is 11.6 Å². The van der Waals surface area contributed by atoms with Crippen molar-refractivity contribution < 1.29 is 0 Å². The van der Waals surface area contributed by atoms with E-state index in [1.165, 1.54) is 0 Å². The normalized spacial score (nSPS) is 13.1. The average Bonchev–Trinajstić information content (AvgIpc) is 2.76. The Morgan fingerprint density at radius 1 is 1.37 bits per heavy atom. The second-order valence-electron chi connectivity index (χ2n) is 4.98. The van der Waals surface area contributed by atoms with Crippen LogP contribution in [0.1, 0.15) is 39.4 Å². The molecule has 4 heteroatoms. The van der Waals surface area contributed by atoms with E-state index in [1.807, 2.05) is 18.2 Å². The lowest BCUT2D eigenvalue weighted by atomic mass is 10.2. The highest BCUT2D eigenvalue weighted by Crippen LogP contribution is 2.25. The fourth-order valence-corrected chi connectivity index (χ4v) is 2.47. The van der Waals surface area contributed by atoms with E-state index in [9.17, 15) is 0 Å². The zero-order valence-corrected chi connectivity index (χ0v) is 12.7. The number of aromatic nitrogens is 2. The molecule has 0 radical (unpaired) electrons. The van der Waals surface area contributed by atoms with Crippen LogP contribution in [0.15, 0.2) is 18.2 Å². The molecule has 19 heavy (non-hydrogen) atoms. The van der Waals surface area contributed by atoms with Gasteiger partial charge in [0.1, 0.15) is 5.82 Å². The van der Waals surface area contributed by atoms with Gasteiger partial charge >= 0.3 is 0 Å². The Morgan fingerprint density at radius 3 is 2.84 bits per heavy atom. The van der Waals surface area contributed by atoms with Gasteiger partial charge in [0.15, 0.2) is 0 Å². The Balaban J connectivity index is 2.36. The molecule has 0 amide bonds. The molecular weight excluding hydrogens is 258 g/mol. The fourth-order valence-electron chi connectivity index (χ4n) is 2.20. The summed E-state index contributed by atoms with van der Waals surface area (Å²) in [4.78, 5) is 4.71. The van der Waals surface area contributed by atoms with Gasteiger partial charge in [0, 0.05) is 12.6 Å². The molecule has 0 aliphatic rings. The number of para-hydroxylation sites is 1. The van der Waals surface area contributed by atoms with Crippen LogP contribution in [0, 0.1) is 0 Å². The van der Waals surface area contributed by atoms with Crippen molar-refractivity contribution in [3.63, 3.8) is 0 Å². The third-order valence-corrected chi connectivity index (χ3v) is 3.77. The molecular formula is C15H22ClN3. The maximum atomic E-state index is 6.32. The molecule has 1 N–H and O–H groups in total. The van der Waals surface area contributed by atoms with E-state index in [0.29, 0.717) is 6.04 Å². The van der Waals surface area contributed by atoms with Crippen molar-refractivity contribution >= 4 is 22.6 Å². The molecule has 0 spiro atoms. The quantitative estimate of drug-likeness (QED) is 0.866. The average molecular weight is 280 g/mol. The molecule has 2 aromatic rings. The SMILES string of the molecule is CCCn1c(CNC(C)CC)nc2cccc(Cl)c21. The van der Waals surface area contributed by atoms with Crippen LogP contribution < -0.4 is 5.32 Å². The summed E-state index contributed by atoms with van der Waals surface area (Å²) >= 11 is 6.32. The van der Waals surface area contributed by atoms with Gasteiger partial charge < -0.3 is 9.88 Å². The standard InChI is InChI=1S/C15H22ClN3/c1-4-9-19-14(10-17-11(3)5-2)18-13-8-6-7-12(16)15(13)19/h6-8,11,17H,4-5,9-10H2,1-3H3. The monoisotopic (exact) mass is 279 g/mol. The van der Waals surface area contributed by atoms with E-state index < -0.39 is 0 Å². The van der Waals surface area contributed by atoms with Crippen molar-refractivity contribution in [1.82, 2.24) is 14.9 Å². The van der Waals surface area contributed by atoms with Crippen LogP contribution in [-0.4, -0.2) is 15.6 Å².